The molecule has 0 aliphatic carbocycles. The third-order valence-corrected chi connectivity index (χ3v) is 9.44. The highest BCUT2D eigenvalue weighted by Crippen LogP contribution is 2.35. The lowest BCUT2D eigenvalue weighted by Gasteiger charge is -2.42. The minimum atomic E-state index is 0.513. The number of hydrogen-bond donors (Lipinski definition) is 1. The second-order valence-electron chi connectivity index (χ2n) is 10.5. The highest BCUT2D eigenvalue weighted by molar-refractivity contribution is 7.10. The second-order valence-corrected chi connectivity index (χ2v) is 11.9. The van der Waals surface area contributed by atoms with E-state index in [1.54, 1.807) is 13.3 Å². The fourth-order valence-corrected chi connectivity index (χ4v) is 6.95. The molecule has 2 aromatic heterocycles. The van der Waals surface area contributed by atoms with Crippen molar-refractivity contribution >= 4 is 46.1 Å². The van der Waals surface area contributed by atoms with Crippen molar-refractivity contribution in [2.75, 3.05) is 75.1 Å². The van der Waals surface area contributed by atoms with Gasteiger partial charge in [0.1, 0.15) is 10.8 Å². The van der Waals surface area contributed by atoms with Crippen molar-refractivity contribution in [3.05, 3.63) is 51.3 Å². The number of halogens is 1. The third kappa shape index (κ3) is 5.43. The minimum Gasteiger partial charge on any atom is -0.494 e. The Morgan fingerprint density at radius 2 is 1.84 bits per heavy atom. The van der Waals surface area contributed by atoms with Crippen LogP contribution in [0.3, 0.4) is 0 Å². The fraction of sp³-hybridized carbons (Fsp3) is 0.500. The first-order valence-electron chi connectivity index (χ1n) is 13.5. The zero-order valence-electron chi connectivity index (χ0n) is 22.2. The normalized spacial score (nSPS) is 19.4. The molecule has 0 amide bonds. The van der Waals surface area contributed by atoms with Gasteiger partial charge in [-0.1, -0.05) is 11.6 Å². The number of hydrogen-bond acceptors (Lipinski definition) is 9. The molecule has 3 aromatic rings. The molecule has 2 fully saturated rings. The minimum absolute atomic E-state index is 0.513. The van der Waals surface area contributed by atoms with Crippen molar-refractivity contribution in [1.29, 1.82) is 0 Å². The van der Waals surface area contributed by atoms with E-state index in [9.17, 15) is 0 Å². The number of ether oxygens (including phenoxy) is 1. The van der Waals surface area contributed by atoms with E-state index < -0.39 is 0 Å². The zero-order chi connectivity index (χ0) is 26.1. The predicted octanol–water partition coefficient (Wildman–Crippen LogP) is 4.72. The molecule has 10 heteroatoms. The number of nitrogens with zero attached hydrogens (tertiary/aromatic N) is 6. The summed E-state index contributed by atoms with van der Waals surface area (Å²) >= 11 is 8.37. The summed E-state index contributed by atoms with van der Waals surface area (Å²) in [4.78, 5) is 20.5. The molecule has 2 saturated heterocycles. The number of methoxy groups -OCH3 is 1. The number of aromatic nitrogens is 2. The zero-order valence-corrected chi connectivity index (χ0v) is 23.8. The number of anilines is 4. The topological polar surface area (TPSA) is 60.0 Å². The van der Waals surface area contributed by atoms with Crippen LogP contribution in [0.4, 0.5) is 23.1 Å². The molecule has 0 unspecified atom stereocenters. The van der Waals surface area contributed by atoms with E-state index in [0.717, 1.165) is 49.9 Å². The number of fused-ring (bicyclic) bond motifs is 1. The maximum Gasteiger partial charge on any atom is 0.229 e. The standard InChI is InChI=1S/C28H36ClN7OS/c1-33-12-14-35(15-13-33)21-5-9-34(10-6-21)22-3-4-24(25(17-22)37-2)31-28-30-18-23(29)27(32-28)36-11-7-26-20(19-36)8-16-38-26/h3-4,8,16-18,21H,5-7,9-15,19H2,1-2H3,(H,30,31,32). The summed E-state index contributed by atoms with van der Waals surface area (Å²) in [6.45, 7) is 8.59. The average Bonchev–Trinajstić information content (AvgIpc) is 3.43. The van der Waals surface area contributed by atoms with Gasteiger partial charge in [-0.2, -0.15) is 4.98 Å². The van der Waals surface area contributed by atoms with Gasteiger partial charge < -0.3 is 24.8 Å². The summed E-state index contributed by atoms with van der Waals surface area (Å²) in [5.74, 6) is 2.06. The lowest BCUT2D eigenvalue weighted by atomic mass is 10.0. The van der Waals surface area contributed by atoms with Crippen LogP contribution >= 0.6 is 22.9 Å². The third-order valence-electron chi connectivity index (χ3n) is 8.15. The molecule has 6 rings (SSSR count). The Balaban J connectivity index is 1.12. The van der Waals surface area contributed by atoms with Crippen LogP contribution in [0.5, 0.6) is 5.75 Å². The maximum absolute atomic E-state index is 6.54. The molecule has 1 N–H and O–H groups in total. The van der Waals surface area contributed by atoms with Crippen molar-refractivity contribution in [3.63, 3.8) is 0 Å². The van der Waals surface area contributed by atoms with E-state index >= 15 is 0 Å². The largest absolute Gasteiger partial charge is 0.494 e. The van der Waals surface area contributed by atoms with Crippen molar-refractivity contribution in [1.82, 2.24) is 19.8 Å². The number of nitrogens with one attached hydrogen (secondary N) is 1. The summed E-state index contributed by atoms with van der Waals surface area (Å²) in [6, 6.07) is 9.25. The van der Waals surface area contributed by atoms with Crippen LogP contribution in [0.15, 0.2) is 35.8 Å². The Morgan fingerprint density at radius 1 is 1.03 bits per heavy atom. The summed E-state index contributed by atoms with van der Waals surface area (Å²) < 4.78 is 5.78. The summed E-state index contributed by atoms with van der Waals surface area (Å²) in [5, 5.41) is 6.10. The lowest BCUT2D eigenvalue weighted by Crippen LogP contribution is -2.52. The molecule has 0 saturated carbocycles. The fourth-order valence-electron chi connectivity index (χ4n) is 5.85. The number of benzene rings is 1. The van der Waals surface area contributed by atoms with Crippen molar-refractivity contribution in [3.8, 4) is 5.75 Å². The Labute approximate surface area is 234 Å². The van der Waals surface area contributed by atoms with E-state index in [2.05, 4.69) is 66.6 Å². The van der Waals surface area contributed by atoms with E-state index in [0.29, 0.717) is 17.0 Å². The molecule has 0 spiro atoms. The SMILES string of the molecule is COc1cc(N2CCC(N3CCN(C)CC3)CC2)ccc1Nc1ncc(Cl)c(N2CCc3sccc3C2)n1. The monoisotopic (exact) mass is 553 g/mol. The highest BCUT2D eigenvalue weighted by atomic mass is 35.5. The summed E-state index contributed by atoms with van der Waals surface area (Å²) in [5.41, 5.74) is 3.40. The Morgan fingerprint density at radius 3 is 2.63 bits per heavy atom. The van der Waals surface area contributed by atoms with Crippen LogP contribution < -0.4 is 19.9 Å². The van der Waals surface area contributed by atoms with Crippen molar-refractivity contribution in [2.24, 2.45) is 0 Å². The molecule has 3 aliphatic rings. The molecule has 0 bridgehead atoms. The van der Waals surface area contributed by atoms with Gasteiger partial charge in [0.15, 0.2) is 5.82 Å². The Kier molecular flexibility index (Phi) is 7.61. The van der Waals surface area contributed by atoms with Crippen molar-refractivity contribution in [2.45, 2.75) is 31.8 Å². The van der Waals surface area contributed by atoms with Gasteiger partial charge in [0.25, 0.3) is 0 Å². The van der Waals surface area contributed by atoms with Crippen LogP contribution in [0.25, 0.3) is 0 Å². The molecule has 3 aliphatic heterocycles. The summed E-state index contributed by atoms with van der Waals surface area (Å²) in [7, 11) is 3.93. The number of piperidine rings is 1. The van der Waals surface area contributed by atoms with E-state index in [-0.39, 0.29) is 0 Å². The average molecular weight is 554 g/mol. The maximum atomic E-state index is 6.54. The number of thiophene rings is 1. The lowest BCUT2D eigenvalue weighted by molar-refractivity contribution is 0.0982. The van der Waals surface area contributed by atoms with Gasteiger partial charge in [-0.05, 0) is 55.5 Å². The summed E-state index contributed by atoms with van der Waals surface area (Å²) in [6.07, 6.45) is 5.10. The smallest absolute Gasteiger partial charge is 0.229 e. The Bertz CT molecular complexity index is 1250. The van der Waals surface area contributed by atoms with Crippen LogP contribution in [0, 0.1) is 0 Å². The number of likely N-dealkylation sites (N-methyl/N-ethyl adjacent to an activating group) is 1. The molecule has 8 nitrogen and oxygen atoms in total. The first-order chi connectivity index (χ1) is 18.6. The van der Waals surface area contributed by atoms with Crippen LogP contribution in [0.1, 0.15) is 23.3 Å². The molecule has 202 valence electrons. The number of rotatable bonds is 6. The highest BCUT2D eigenvalue weighted by Gasteiger charge is 2.27. The first kappa shape index (κ1) is 25.7. The predicted molar refractivity (Wildman–Crippen MR) is 157 cm³/mol. The van der Waals surface area contributed by atoms with Crippen LogP contribution in [0.2, 0.25) is 5.02 Å². The molecular weight excluding hydrogens is 518 g/mol. The molecule has 5 heterocycles. The molecular formula is C28H36ClN7OS. The van der Waals surface area contributed by atoms with Gasteiger partial charge in [0.2, 0.25) is 5.95 Å². The van der Waals surface area contributed by atoms with Gasteiger partial charge in [0.05, 0.1) is 19.0 Å². The van der Waals surface area contributed by atoms with Gasteiger partial charge in [0, 0.05) is 75.0 Å². The van der Waals surface area contributed by atoms with Gasteiger partial charge in [-0.15, -0.1) is 11.3 Å². The molecule has 0 atom stereocenters. The van der Waals surface area contributed by atoms with E-state index in [4.69, 9.17) is 21.3 Å². The van der Waals surface area contributed by atoms with Gasteiger partial charge >= 0.3 is 0 Å². The molecule has 0 radical (unpaired) electrons. The van der Waals surface area contributed by atoms with Crippen LogP contribution in [-0.4, -0.2) is 85.8 Å². The Hall–Kier alpha value is -2.59. The number of piperazine rings is 1. The van der Waals surface area contributed by atoms with E-state index in [1.165, 1.54) is 55.1 Å². The van der Waals surface area contributed by atoms with Crippen LogP contribution in [-0.2, 0) is 13.0 Å². The van der Waals surface area contributed by atoms with E-state index in [1.807, 2.05) is 11.3 Å². The molecule has 38 heavy (non-hydrogen) atoms. The molecule has 1 aromatic carbocycles. The first-order valence-corrected chi connectivity index (χ1v) is 14.8. The van der Waals surface area contributed by atoms with Gasteiger partial charge in [-0.25, -0.2) is 4.98 Å². The van der Waals surface area contributed by atoms with Crippen molar-refractivity contribution < 1.29 is 4.74 Å². The van der Waals surface area contributed by atoms with Gasteiger partial charge in [-0.3, -0.25) is 4.90 Å². The quantitative estimate of drug-likeness (QED) is 0.470. The second kappa shape index (κ2) is 11.3.